The molecule has 20 heavy (non-hydrogen) atoms. The van der Waals surface area contributed by atoms with Crippen LogP contribution < -0.4 is 5.32 Å². The van der Waals surface area contributed by atoms with Gasteiger partial charge in [-0.15, -0.1) is 0 Å². The molecule has 3 atom stereocenters. The molecule has 0 aromatic heterocycles. The number of piperidine rings is 1. The van der Waals surface area contributed by atoms with Gasteiger partial charge in [0, 0.05) is 24.5 Å². The number of thiocarbonyl (C=S) groups is 1. The zero-order valence-electron chi connectivity index (χ0n) is 10.8. The lowest BCUT2D eigenvalue weighted by Gasteiger charge is -2.33. The quantitative estimate of drug-likeness (QED) is 0.484. The first kappa shape index (κ1) is 16.6. The highest BCUT2D eigenvalue weighted by atomic mass is 32.1. The number of allylic oxidation sites excluding steroid dienone is 3. The SMILES string of the molecule is CF.O=[N+]([O-])C1=CC=C(F)C(C2CCC(F)C(=S)N2)C1. The summed E-state index contributed by atoms with van der Waals surface area (Å²) in [6, 6.07) is -0.371. The second-order valence-corrected chi connectivity index (χ2v) is 4.88. The van der Waals surface area contributed by atoms with Gasteiger partial charge in [-0.05, 0) is 18.9 Å². The minimum absolute atomic E-state index is 0.00651. The highest BCUT2D eigenvalue weighted by Gasteiger charge is 2.36. The minimum atomic E-state index is -1.20. The molecule has 4 nitrogen and oxygen atoms in total. The topological polar surface area (TPSA) is 55.2 Å². The molecule has 0 radical (unpaired) electrons. The third-order valence-electron chi connectivity index (χ3n) is 3.28. The molecule has 8 heteroatoms. The van der Waals surface area contributed by atoms with Gasteiger partial charge in [-0.2, -0.15) is 0 Å². The molecule has 112 valence electrons. The number of nitro groups is 1. The maximum absolute atomic E-state index is 13.7. The van der Waals surface area contributed by atoms with Crippen LogP contribution in [0.25, 0.3) is 0 Å². The lowest BCUT2D eigenvalue weighted by atomic mass is 9.85. The Morgan fingerprint density at radius 1 is 1.40 bits per heavy atom. The highest BCUT2D eigenvalue weighted by Crippen LogP contribution is 2.33. The summed E-state index contributed by atoms with van der Waals surface area (Å²) in [7, 11) is 0.500. The Balaban J connectivity index is 0.000000956. The third-order valence-corrected chi connectivity index (χ3v) is 3.66. The first-order valence-electron chi connectivity index (χ1n) is 6.02. The van der Waals surface area contributed by atoms with Crippen molar-refractivity contribution in [3.8, 4) is 0 Å². The molecule has 1 fully saturated rings. The maximum Gasteiger partial charge on any atom is 0.247 e. The Hall–Kier alpha value is -1.44. The fraction of sp³-hybridized carbons (Fsp3) is 0.583. The summed E-state index contributed by atoms with van der Waals surface area (Å²) in [6.07, 6.45) is 1.74. The van der Waals surface area contributed by atoms with Crippen LogP contribution >= 0.6 is 12.2 Å². The Kier molecular flexibility index (Phi) is 6.12. The lowest BCUT2D eigenvalue weighted by Crippen LogP contribution is -2.48. The van der Waals surface area contributed by atoms with Crippen LogP contribution in [0.15, 0.2) is 23.7 Å². The number of rotatable bonds is 2. The summed E-state index contributed by atoms with van der Waals surface area (Å²) < 4.78 is 36.4. The number of halogens is 3. The normalized spacial score (nSPS) is 29.4. The summed E-state index contributed by atoms with van der Waals surface area (Å²) in [5, 5.41) is 13.4. The Morgan fingerprint density at radius 2 is 2.05 bits per heavy atom. The van der Waals surface area contributed by atoms with E-state index >= 15 is 0 Å². The van der Waals surface area contributed by atoms with Crippen LogP contribution in [-0.2, 0) is 0 Å². The first-order chi connectivity index (χ1) is 9.49. The van der Waals surface area contributed by atoms with Gasteiger partial charge in [-0.25, -0.2) is 8.78 Å². The summed E-state index contributed by atoms with van der Waals surface area (Å²) in [6.45, 7) is 0. The van der Waals surface area contributed by atoms with Crippen LogP contribution in [-0.4, -0.2) is 29.3 Å². The van der Waals surface area contributed by atoms with Gasteiger partial charge in [0.05, 0.1) is 12.1 Å². The molecule has 0 spiro atoms. The van der Waals surface area contributed by atoms with Crippen molar-refractivity contribution in [3.05, 3.63) is 33.8 Å². The van der Waals surface area contributed by atoms with Gasteiger partial charge in [0.25, 0.3) is 0 Å². The molecular formula is C12H15F3N2O2S. The largest absolute Gasteiger partial charge is 0.374 e. The first-order valence-corrected chi connectivity index (χ1v) is 6.42. The van der Waals surface area contributed by atoms with Crippen LogP contribution in [0.4, 0.5) is 13.2 Å². The van der Waals surface area contributed by atoms with Crippen molar-refractivity contribution >= 4 is 17.2 Å². The molecular weight excluding hydrogens is 293 g/mol. The van der Waals surface area contributed by atoms with E-state index in [-0.39, 0.29) is 29.6 Å². The zero-order valence-corrected chi connectivity index (χ0v) is 11.6. The van der Waals surface area contributed by atoms with E-state index < -0.39 is 22.8 Å². The van der Waals surface area contributed by atoms with Crippen LogP contribution in [0.1, 0.15) is 19.3 Å². The summed E-state index contributed by atoms with van der Waals surface area (Å²) in [5.74, 6) is -1.06. The van der Waals surface area contributed by atoms with Crippen molar-refractivity contribution in [3.63, 3.8) is 0 Å². The fourth-order valence-electron chi connectivity index (χ4n) is 2.26. The van der Waals surface area contributed by atoms with Gasteiger partial charge in [0.2, 0.25) is 5.70 Å². The van der Waals surface area contributed by atoms with Crippen molar-refractivity contribution in [2.24, 2.45) is 5.92 Å². The Bertz CT molecular complexity index is 454. The molecule has 1 heterocycles. The molecule has 0 amide bonds. The predicted octanol–water partition coefficient (Wildman–Crippen LogP) is 3.02. The molecule has 3 unspecified atom stereocenters. The monoisotopic (exact) mass is 308 g/mol. The molecule has 0 aromatic rings. The van der Waals surface area contributed by atoms with Gasteiger partial charge in [-0.3, -0.25) is 14.5 Å². The highest BCUT2D eigenvalue weighted by molar-refractivity contribution is 7.80. The molecule has 1 aliphatic heterocycles. The van der Waals surface area contributed by atoms with Gasteiger partial charge in [-0.1, -0.05) is 12.2 Å². The Labute approximate surface area is 119 Å². The van der Waals surface area contributed by atoms with E-state index in [9.17, 15) is 23.3 Å². The maximum atomic E-state index is 13.7. The van der Waals surface area contributed by atoms with E-state index in [0.717, 1.165) is 6.08 Å². The van der Waals surface area contributed by atoms with Crippen molar-refractivity contribution in [1.29, 1.82) is 0 Å². The lowest BCUT2D eigenvalue weighted by molar-refractivity contribution is -0.429. The smallest absolute Gasteiger partial charge is 0.247 e. The van der Waals surface area contributed by atoms with Crippen LogP contribution in [0.2, 0.25) is 0 Å². The van der Waals surface area contributed by atoms with Crippen molar-refractivity contribution in [2.75, 3.05) is 7.18 Å². The van der Waals surface area contributed by atoms with Crippen LogP contribution in [0, 0.1) is 16.0 Å². The Morgan fingerprint density at radius 3 is 2.60 bits per heavy atom. The van der Waals surface area contributed by atoms with Gasteiger partial charge in [0.15, 0.2) is 0 Å². The third kappa shape index (κ3) is 3.78. The van der Waals surface area contributed by atoms with Gasteiger partial charge in [0.1, 0.15) is 17.0 Å². The molecule has 1 aliphatic carbocycles. The fourth-order valence-corrected chi connectivity index (χ4v) is 2.53. The second kappa shape index (κ2) is 7.37. The number of hydrogen-bond donors (Lipinski definition) is 1. The van der Waals surface area contributed by atoms with Crippen molar-refractivity contribution < 1.29 is 18.1 Å². The number of nitrogens with zero attached hydrogens (tertiary/aromatic N) is 1. The van der Waals surface area contributed by atoms with Crippen molar-refractivity contribution in [2.45, 2.75) is 31.5 Å². The van der Waals surface area contributed by atoms with E-state index in [0.29, 0.717) is 13.6 Å². The molecule has 1 saturated heterocycles. The van der Waals surface area contributed by atoms with E-state index in [4.69, 9.17) is 12.2 Å². The molecule has 2 aliphatic rings. The predicted molar refractivity (Wildman–Crippen MR) is 73.1 cm³/mol. The summed E-state index contributed by atoms with van der Waals surface area (Å²) in [5.41, 5.74) is -0.0310. The van der Waals surface area contributed by atoms with E-state index in [1.54, 1.807) is 0 Å². The molecule has 2 rings (SSSR count). The summed E-state index contributed by atoms with van der Waals surface area (Å²) in [4.78, 5) is 10.2. The van der Waals surface area contributed by atoms with Gasteiger partial charge >= 0.3 is 0 Å². The minimum Gasteiger partial charge on any atom is -0.374 e. The molecule has 0 bridgehead atoms. The van der Waals surface area contributed by atoms with Crippen LogP contribution in [0.3, 0.4) is 0 Å². The van der Waals surface area contributed by atoms with Crippen molar-refractivity contribution in [1.82, 2.24) is 5.32 Å². The van der Waals surface area contributed by atoms with Crippen LogP contribution in [0.5, 0.6) is 0 Å². The number of nitrogens with one attached hydrogen (secondary N) is 1. The van der Waals surface area contributed by atoms with E-state index in [1.807, 2.05) is 0 Å². The average Bonchev–Trinajstić information content (AvgIpc) is 2.44. The number of alkyl halides is 2. The standard InChI is InChI=1S/C11H12F2N2O2S.CH3F/c12-8-2-1-6(15(16)17)5-7(8)10-4-3-9(13)11(18)14-10;1-2/h1-2,7,9-10H,3-5H2,(H,14,18);1H3. The number of hydrogen-bond acceptors (Lipinski definition) is 3. The molecule has 0 saturated carbocycles. The van der Waals surface area contributed by atoms with Gasteiger partial charge < -0.3 is 5.32 Å². The molecule has 1 N–H and O–H groups in total. The van der Waals surface area contributed by atoms with E-state index in [2.05, 4.69) is 5.32 Å². The zero-order chi connectivity index (χ0) is 15.3. The van der Waals surface area contributed by atoms with E-state index in [1.165, 1.54) is 6.08 Å². The average molecular weight is 308 g/mol. The summed E-state index contributed by atoms with van der Waals surface area (Å²) >= 11 is 4.82. The molecule has 0 aromatic carbocycles. The second-order valence-electron chi connectivity index (χ2n) is 4.44.